The standard InChI is InChI=1S/C11H16N4O3S/c1-13-7-8(12-10(13)19-6-5-18-4)14(2)11(17)15(3)9(7)16/h5-6H2,1-4H3. The summed E-state index contributed by atoms with van der Waals surface area (Å²) in [4.78, 5) is 28.3. The molecule has 0 radical (unpaired) electrons. The van der Waals surface area contributed by atoms with Gasteiger partial charge in [-0.25, -0.2) is 9.78 Å². The molecular weight excluding hydrogens is 268 g/mol. The molecule has 0 fully saturated rings. The Balaban J connectivity index is 2.64. The number of hydrogen-bond acceptors (Lipinski definition) is 5. The first-order chi connectivity index (χ1) is 8.99. The Morgan fingerprint density at radius 1 is 1.16 bits per heavy atom. The van der Waals surface area contributed by atoms with E-state index in [1.807, 2.05) is 0 Å². The third kappa shape index (κ3) is 2.21. The SMILES string of the molecule is COCCSc1nc2c(c(=O)n(C)c(=O)n2C)n1C. The van der Waals surface area contributed by atoms with Crippen molar-refractivity contribution in [2.24, 2.45) is 21.1 Å². The summed E-state index contributed by atoms with van der Waals surface area (Å²) in [5.41, 5.74) is 0.149. The van der Waals surface area contributed by atoms with Gasteiger partial charge in [-0.05, 0) is 0 Å². The number of imidazole rings is 1. The topological polar surface area (TPSA) is 71.1 Å². The zero-order valence-corrected chi connectivity index (χ0v) is 12.2. The second-order valence-corrected chi connectivity index (χ2v) is 5.23. The van der Waals surface area contributed by atoms with E-state index < -0.39 is 0 Å². The van der Waals surface area contributed by atoms with E-state index in [4.69, 9.17) is 4.74 Å². The first-order valence-electron chi connectivity index (χ1n) is 5.73. The van der Waals surface area contributed by atoms with Gasteiger partial charge in [0.2, 0.25) is 0 Å². The Kier molecular flexibility index (Phi) is 3.81. The van der Waals surface area contributed by atoms with Gasteiger partial charge in [0.25, 0.3) is 5.56 Å². The lowest BCUT2D eigenvalue weighted by molar-refractivity contribution is 0.218. The smallest absolute Gasteiger partial charge is 0.332 e. The number of rotatable bonds is 4. The molecule has 0 aliphatic carbocycles. The van der Waals surface area contributed by atoms with Crippen LogP contribution in [0.1, 0.15) is 0 Å². The molecule has 104 valence electrons. The molecule has 19 heavy (non-hydrogen) atoms. The van der Waals surface area contributed by atoms with E-state index in [2.05, 4.69) is 4.98 Å². The lowest BCUT2D eigenvalue weighted by Crippen LogP contribution is -2.37. The molecule has 0 atom stereocenters. The van der Waals surface area contributed by atoms with Crippen molar-refractivity contribution in [2.45, 2.75) is 5.16 Å². The Morgan fingerprint density at radius 3 is 2.47 bits per heavy atom. The van der Waals surface area contributed by atoms with Crippen molar-refractivity contribution in [2.75, 3.05) is 19.5 Å². The molecule has 2 heterocycles. The fourth-order valence-electron chi connectivity index (χ4n) is 1.84. The van der Waals surface area contributed by atoms with Crippen molar-refractivity contribution in [3.05, 3.63) is 20.8 Å². The first-order valence-corrected chi connectivity index (χ1v) is 6.71. The predicted octanol–water partition coefficient (Wildman–Crippen LogP) is -0.291. The lowest BCUT2D eigenvalue weighted by Gasteiger charge is -2.03. The summed E-state index contributed by atoms with van der Waals surface area (Å²) in [6.07, 6.45) is 0. The quantitative estimate of drug-likeness (QED) is 0.570. The highest BCUT2D eigenvalue weighted by atomic mass is 32.2. The van der Waals surface area contributed by atoms with Crippen LogP contribution in [0.3, 0.4) is 0 Å². The zero-order chi connectivity index (χ0) is 14.2. The highest BCUT2D eigenvalue weighted by Crippen LogP contribution is 2.19. The fraction of sp³-hybridized carbons (Fsp3) is 0.545. The van der Waals surface area contributed by atoms with Crippen LogP contribution in [0.15, 0.2) is 14.7 Å². The van der Waals surface area contributed by atoms with Gasteiger partial charge < -0.3 is 9.30 Å². The number of ether oxygens (including phenoxy) is 1. The molecule has 8 heteroatoms. The average molecular weight is 284 g/mol. The van der Waals surface area contributed by atoms with Gasteiger partial charge in [0.05, 0.1) is 6.61 Å². The van der Waals surface area contributed by atoms with Gasteiger partial charge in [0, 0.05) is 34.0 Å². The zero-order valence-electron chi connectivity index (χ0n) is 11.3. The fourth-order valence-corrected chi connectivity index (χ4v) is 2.71. The van der Waals surface area contributed by atoms with Gasteiger partial charge in [0.15, 0.2) is 16.3 Å². The summed E-state index contributed by atoms with van der Waals surface area (Å²) < 4.78 is 9.18. The Hall–Kier alpha value is -1.54. The largest absolute Gasteiger partial charge is 0.384 e. The van der Waals surface area contributed by atoms with Crippen molar-refractivity contribution in [1.29, 1.82) is 0 Å². The summed E-state index contributed by atoms with van der Waals surface area (Å²) in [5.74, 6) is 0.738. The summed E-state index contributed by atoms with van der Waals surface area (Å²) >= 11 is 1.49. The van der Waals surface area contributed by atoms with Gasteiger partial charge >= 0.3 is 5.69 Å². The van der Waals surface area contributed by atoms with Crippen molar-refractivity contribution < 1.29 is 4.74 Å². The molecule has 7 nitrogen and oxygen atoms in total. The highest BCUT2D eigenvalue weighted by Gasteiger charge is 2.16. The minimum atomic E-state index is -0.371. The number of thioether (sulfide) groups is 1. The monoisotopic (exact) mass is 284 g/mol. The molecule has 0 saturated carbocycles. The second kappa shape index (κ2) is 5.22. The highest BCUT2D eigenvalue weighted by molar-refractivity contribution is 7.99. The molecule has 0 spiro atoms. The van der Waals surface area contributed by atoms with Crippen molar-refractivity contribution in [1.82, 2.24) is 18.7 Å². The van der Waals surface area contributed by atoms with Gasteiger partial charge in [0.1, 0.15) is 0 Å². The van der Waals surface area contributed by atoms with E-state index in [9.17, 15) is 9.59 Å². The van der Waals surface area contributed by atoms with Crippen molar-refractivity contribution in [3.63, 3.8) is 0 Å². The van der Waals surface area contributed by atoms with Crippen LogP contribution in [0.25, 0.3) is 11.2 Å². The Morgan fingerprint density at radius 2 is 1.84 bits per heavy atom. The molecule has 0 amide bonds. The minimum absolute atomic E-state index is 0.327. The maximum Gasteiger partial charge on any atom is 0.332 e. The third-order valence-corrected chi connectivity index (χ3v) is 3.95. The summed E-state index contributed by atoms with van der Waals surface area (Å²) in [6, 6.07) is 0. The van der Waals surface area contributed by atoms with E-state index in [0.717, 1.165) is 10.3 Å². The van der Waals surface area contributed by atoms with E-state index >= 15 is 0 Å². The maximum absolute atomic E-state index is 12.1. The Bertz CT molecular complexity index is 728. The van der Waals surface area contributed by atoms with Crippen LogP contribution in [-0.4, -0.2) is 38.2 Å². The second-order valence-electron chi connectivity index (χ2n) is 4.17. The molecule has 2 aromatic rings. The normalized spacial score (nSPS) is 11.4. The molecule has 0 N–H and O–H groups in total. The average Bonchev–Trinajstić information content (AvgIpc) is 2.72. The van der Waals surface area contributed by atoms with Gasteiger partial charge in [-0.1, -0.05) is 11.8 Å². The molecule has 0 aromatic carbocycles. The van der Waals surface area contributed by atoms with Crippen LogP contribution >= 0.6 is 11.8 Å². The first kappa shape index (κ1) is 13.9. The predicted molar refractivity (Wildman–Crippen MR) is 73.8 cm³/mol. The van der Waals surface area contributed by atoms with Gasteiger partial charge in [-0.15, -0.1) is 0 Å². The van der Waals surface area contributed by atoms with Crippen LogP contribution in [-0.2, 0) is 25.9 Å². The number of aromatic nitrogens is 4. The summed E-state index contributed by atoms with van der Waals surface area (Å²) in [7, 11) is 6.49. The van der Waals surface area contributed by atoms with Crippen molar-refractivity contribution >= 4 is 22.9 Å². The third-order valence-electron chi connectivity index (χ3n) is 2.95. The van der Waals surface area contributed by atoms with Crippen LogP contribution in [0.2, 0.25) is 0 Å². The van der Waals surface area contributed by atoms with Crippen LogP contribution in [0, 0.1) is 0 Å². The molecule has 2 aromatic heterocycles. The Labute approximate surface area is 113 Å². The number of methoxy groups -OCH3 is 1. The van der Waals surface area contributed by atoms with Crippen LogP contribution in [0.4, 0.5) is 0 Å². The number of aryl methyl sites for hydroxylation is 2. The molecule has 0 aliphatic rings. The van der Waals surface area contributed by atoms with E-state index in [1.165, 1.54) is 23.4 Å². The lowest BCUT2D eigenvalue weighted by atomic mass is 10.5. The number of fused-ring (bicyclic) bond motifs is 1. The van der Waals surface area contributed by atoms with Gasteiger partial charge in [-0.3, -0.25) is 13.9 Å². The molecule has 0 unspecified atom stereocenters. The van der Waals surface area contributed by atoms with Gasteiger partial charge in [-0.2, -0.15) is 0 Å². The minimum Gasteiger partial charge on any atom is -0.384 e. The number of hydrogen-bond donors (Lipinski definition) is 0. The summed E-state index contributed by atoms with van der Waals surface area (Å²) in [6.45, 7) is 0.602. The maximum atomic E-state index is 12.1. The molecule has 0 bridgehead atoms. The molecule has 0 aliphatic heterocycles. The molecular formula is C11H16N4O3S. The molecule has 2 rings (SSSR count). The summed E-state index contributed by atoms with van der Waals surface area (Å²) in [5, 5.41) is 0.699. The van der Waals surface area contributed by atoms with E-state index in [0.29, 0.717) is 22.9 Å². The van der Waals surface area contributed by atoms with E-state index in [-0.39, 0.29) is 11.2 Å². The van der Waals surface area contributed by atoms with E-state index in [1.54, 1.807) is 25.8 Å². The van der Waals surface area contributed by atoms with Crippen LogP contribution < -0.4 is 11.2 Å². The van der Waals surface area contributed by atoms with Crippen LogP contribution in [0.5, 0.6) is 0 Å². The van der Waals surface area contributed by atoms with Crippen molar-refractivity contribution in [3.8, 4) is 0 Å². The molecule has 0 saturated heterocycles. The number of nitrogens with zero attached hydrogens (tertiary/aromatic N) is 4.